The van der Waals surface area contributed by atoms with Gasteiger partial charge < -0.3 is 10.6 Å². The van der Waals surface area contributed by atoms with Crippen molar-refractivity contribution in [1.29, 1.82) is 0 Å². The van der Waals surface area contributed by atoms with Crippen LogP contribution in [0.15, 0.2) is 65.3 Å². The molecule has 2 aromatic carbocycles. The molecule has 0 bridgehead atoms. The molecule has 2 aromatic heterocycles. The van der Waals surface area contributed by atoms with Gasteiger partial charge in [-0.1, -0.05) is 41.9 Å². The molecule has 170 valence electrons. The predicted molar refractivity (Wildman–Crippen MR) is 123 cm³/mol. The molecule has 6 nitrogen and oxygen atoms in total. The molecule has 0 saturated carbocycles. The number of nitrogens with zero attached hydrogens (tertiary/aromatic N) is 3. The van der Waals surface area contributed by atoms with Gasteiger partial charge >= 0.3 is 6.18 Å². The zero-order valence-corrected chi connectivity index (χ0v) is 19.2. The van der Waals surface area contributed by atoms with Crippen LogP contribution in [0.5, 0.6) is 0 Å². The molecule has 0 fully saturated rings. The van der Waals surface area contributed by atoms with Gasteiger partial charge in [-0.25, -0.2) is 4.98 Å². The Morgan fingerprint density at radius 3 is 2.58 bits per heavy atom. The molecule has 11 heteroatoms. The topological polar surface area (TPSA) is 71.3 Å². The van der Waals surface area contributed by atoms with Gasteiger partial charge in [-0.05, 0) is 34.1 Å². The van der Waals surface area contributed by atoms with Gasteiger partial charge in [0.05, 0.1) is 27.5 Å². The molecule has 0 radical (unpaired) electrons. The average Bonchev–Trinajstić information content (AvgIpc) is 3.17. The van der Waals surface area contributed by atoms with Crippen molar-refractivity contribution in [2.24, 2.45) is 0 Å². The summed E-state index contributed by atoms with van der Waals surface area (Å²) < 4.78 is 41.7. The Kier molecular flexibility index (Phi) is 6.57. The van der Waals surface area contributed by atoms with E-state index in [1.807, 2.05) is 18.2 Å². The molecule has 0 saturated heterocycles. The van der Waals surface area contributed by atoms with Crippen molar-refractivity contribution in [3.8, 4) is 11.3 Å². The normalized spacial score (nSPS) is 11.5. The fraction of sp³-hybridized carbons (Fsp3) is 0.136. The van der Waals surface area contributed by atoms with Crippen molar-refractivity contribution in [2.45, 2.75) is 6.18 Å². The number of aromatic nitrogens is 3. The molecule has 0 spiro atoms. The van der Waals surface area contributed by atoms with Crippen LogP contribution in [0, 0.1) is 0 Å². The summed E-state index contributed by atoms with van der Waals surface area (Å²) in [5, 5.41) is 10.5. The van der Waals surface area contributed by atoms with Gasteiger partial charge in [0.1, 0.15) is 5.82 Å². The van der Waals surface area contributed by atoms with Crippen LogP contribution in [-0.4, -0.2) is 33.6 Å². The molecule has 0 atom stereocenters. The number of carbonyl (C=O) groups excluding carboxylic acids is 1. The number of alkyl halides is 3. The van der Waals surface area contributed by atoms with Gasteiger partial charge in [-0.3, -0.25) is 4.79 Å². The van der Waals surface area contributed by atoms with Crippen LogP contribution in [0.25, 0.3) is 16.9 Å². The second-order valence-corrected chi connectivity index (χ2v) is 8.22. The van der Waals surface area contributed by atoms with Crippen LogP contribution in [0.4, 0.5) is 19.0 Å². The first-order valence-electron chi connectivity index (χ1n) is 9.73. The minimum atomic E-state index is -4.61. The van der Waals surface area contributed by atoms with E-state index in [4.69, 9.17) is 11.6 Å². The molecule has 1 amide bonds. The van der Waals surface area contributed by atoms with Crippen molar-refractivity contribution in [2.75, 3.05) is 18.4 Å². The minimum absolute atomic E-state index is 0.0820. The third-order valence-corrected chi connectivity index (χ3v) is 5.66. The lowest BCUT2D eigenvalue weighted by molar-refractivity contribution is -0.137. The number of anilines is 1. The summed E-state index contributed by atoms with van der Waals surface area (Å²) in [6.45, 7) is 0.317. The molecular formula is C22H16BrClF3N5O. The summed E-state index contributed by atoms with van der Waals surface area (Å²) in [6, 6.07) is 13.7. The number of hydrogen-bond donors (Lipinski definition) is 2. The first-order chi connectivity index (χ1) is 15.8. The number of carbonyl (C=O) groups is 1. The predicted octanol–water partition coefficient (Wildman–Crippen LogP) is 5.67. The number of rotatable bonds is 6. The molecule has 0 aliphatic rings. The van der Waals surface area contributed by atoms with Crippen molar-refractivity contribution < 1.29 is 18.0 Å². The highest BCUT2D eigenvalue weighted by Gasteiger charge is 2.34. The molecule has 33 heavy (non-hydrogen) atoms. The lowest BCUT2D eigenvalue weighted by atomic mass is 10.1. The van der Waals surface area contributed by atoms with Crippen LogP contribution in [0.3, 0.4) is 0 Å². The highest BCUT2D eigenvalue weighted by atomic mass is 79.9. The van der Waals surface area contributed by atoms with Gasteiger partial charge in [-0.15, -0.1) is 0 Å². The number of nitrogens with one attached hydrogen (secondary N) is 2. The zero-order chi connectivity index (χ0) is 23.6. The number of halogens is 5. The Morgan fingerprint density at radius 2 is 1.82 bits per heavy atom. The van der Waals surface area contributed by atoms with Gasteiger partial charge in [0.15, 0.2) is 5.65 Å². The summed E-state index contributed by atoms with van der Waals surface area (Å²) in [6.07, 6.45) is -3.02. The number of hydrogen-bond acceptors (Lipinski definition) is 4. The van der Waals surface area contributed by atoms with Crippen molar-refractivity contribution in [3.05, 3.63) is 81.4 Å². The Bertz CT molecular complexity index is 1330. The smallest absolute Gasteiger partial charge is 0.368 e. The van der Waals surface area contributed by atoms with Gasteiger partial charge in [0, 0.05) is 29.7 Å². The molecule has 0 aliphatic heterocycles. The van der Waals surface area contributed by atoms with Crippen LogP contribution in [-0.2, 0) is 6.18 Å². The van der Waals surface area contributed by atoms with E-state index in [0.29, 0.717) is 26.7 Å². The van der Waals surface area contributed by atoms with Crippen LogP contribution < -0.4 is 10.6 Å². The SMILES string of the molecule is O=C(NCCNc1cc(-c2ccccc2Cl)nc2c(Br)cnn12)c1ccccc1C(F)(F)F. The fourth-order valence-corrected chi connectivity index (χ4v) is 3.84. The molecule has 4 aromatic rings. The summed E-state index contributed by atoms with van der Waals surface area (Å²) in [7, 11) is 0. The van der Waals surface area contributed by atoms with E-state index in [0.717, 1.165) is 17.7 Å². The second-order valence-electron chi connectivity index (χ2n) is 6.96. The van der Waals surface area contributed by atoms with E-state index in [1.54, 1.807) is 22.8 Å². The lowest BCUT2D eigenvalue weighted by Gasteiger charge is -2.14. The molecule has 2 heterocycles. The van der Waals surface area contributed by atoms with Crippen molar-refractivity contribution in [3.63, 3.8) is 0 Å². The summed E-state index contributed by atoms with van der Waals surface area (Å²) in [4.78, 5) is 16.9. The van der Waals surface area contributed by atoms with E-state index < -0.39 is 23.2 Å². The standard InChI is InChI=1S/C22H16BrClF3N5O/c23-16-12-30-32-19(11-18(31-20(16)32)14-6-2-4-8-17(14)24)28-9-10-29-21(33)13-5-1-3-7-15(13)22(25,26)27/h1-8,11-12,28H,9-10H2,(H,29,33). The largest absolute Gasteiger partial charge is 0.417 e. The second kappa shape index (κ2) is 9.40. The average molecular weight is 539 g/mol. The number of benzene rings is 2. The Morgan fingerprint density at radius 1 is 1.09 bits per heavy atom. The van der Waals surface area contributed by atoms with Gasteiger partial charge in [0.25, 0.3) is 5.91 Å². The first-order valence-corrected chi connectivity index (χ1v) is 10.9. The molecule has 2 N–H and O–H groups in total. The maximum atomic E-state index is 13.2. The summed E-state index contributed by atoms with van der Waals surface area (Å²) >= 11 is 9.74. The van der Waals surface area contributed by atoms with Crippen LogP contribution >= 0.6 is 27.5 Å². The Balaban J connectivity index is 1.50. The quantitative estimate of drug-likeness (QED) is 0.310. The van der Waals surface area contributed by atoms with Gasteiger partial charge in [0.2, 0.25) is 0 Å². The zero-order valence-electron chi connectivity index (χ0n) is 16.8. The molecule has 0 aliphatic carbocycles. The third-order valence-electron chi connectivity index (χ3n) is 4.77. The monoisotopic (exact) mass is 537 g/mol. The van der Waals surface area contributed by atoms with Gasteiger partial charge in [-0.2, -0.15) is 22.8 Å². The maximum absolute atomic E-state index is 13.2. The Hall–Kier alpha value is -3.11. The number of amides is 1. The summed E-state index contributed by atoms with van der Waals surface area (Å²) in [5.41, 5.74) is 0.498. The van der Waals surface area contributed by atoms with Crippen LogP contribution in [0.1, 0.15) is 15.9 Å². The van der Waals surface area contributed by atoms with Crippen LogP contribution in [0.2, 0.25) is 5.02 Å². The minimum Gasteiger partial charge on any atom is -0.368 e. The molecule has 4 rings (SSSR count). The van der Waals surface area contributed by atoms with E-state index in [-0.39, 0.29) is 13.1 Å². The molecule has 0 unspecified atom stereocenters. The van der Waals surface area contributed by atoms with E-state index >= 15 is 0 Å². The van der Waals surface area contributed by atoms with Crippen molar-refractivity contribution >= 4 is 44.9 Å². The lowest BCUT2D eigenvalue weighted by Crippen LogP contribution is -2.30. The Labute approximate surface area is 199 Å². The highest BCUT2D eigenvalue weighted by Crippen LogP contribution is 2.32. The fourth-order valence-electron chi connectivity index (χ4n) is 3.26. The van der Waals surface area contributed by atoms with Crippen molar-refractivity contribution in [1.82, 2.24) is 19.9 Å². The maximum Gasteiger partial charge on any atom is 0.417 e. The third kappa shape index (κ3) is 4.96. The number of fused-ring (bicyclic) bond motifs is 1. The van der Waals surface area contributed by atoms with E-state index in [9.17, 15) is 18.0 Å². The van der Waals surface area contributed by atoms with E-state index in [1.165, 1.54) is 12.1 Å². The first kappa shape index (κ1) is 23.1. The summed E-state index contributed by atoms with van der Waals surface area (Å²) in [5.74, 6) is -0.228. The molecular weight excluding hydrogens is 523 g/mol. The highest BCUT2D eigenvalue weighted by molar-refractivity contribution is 9.10. The van der Waals surface area contributed by atoms with E-state index in [2.05, 4.69) is 36.6 Å².